The summed E-state index contributed by atoms with van der Waals surface area (Å²) in [7, 11) is 0. The number of carbonyl (C=O) groups is 1. The number of hydrogen-bond acceptors (Lipinski definition) is 4. The molecule has 0 aliphatic carbocycles. The van der Waals surface area contributed by atoms with Gasteiger partial charge in [0.25, 0.3) is 0 Å². The van der Waals surface area contributed by atoms with E-state index in [0.29, 0.717) is 15.7 Å². The maximum absolute atomic E-state index is 12.1. The topological polar surface area (TPSA) is 59.8 Å². The Kier molecular flexibility index (Phi) is 6.33. The Morgan fingerprint density at radius 1 is 1.35 bits per heavy atom. The second kappa shape index (κ2) is 8.04. The number of aryl methyl sites for hydroxylation is 1. The molecule has 1 aromatic heterocycles. The molecule has 0 saturated carbocycles. The van der Waals surface area contributed by atoms with Gasteiger partial charge in [-0.25, -0.2) is 0 Å². The number of nitrogens with zero attached hydrogens (tertiary/aromatic N) is 3. The second-order valence-corrected chi connectivity index (χ2v) is 6.96. The van der Waals surface area contributed by atoms with Crippen molar-refractivity contribution in [2.75, 3.05) is 11.1 Å². The lowest BCUT2D eigenvalue weighted by atomic mass is 10.3. The number of nitrogens with one attached hydrogen (secondary N) is 1. The molecule has 0 aliphatic heterocycles. The third-order valence-electron chi connectivity index (χ3n) is 3.10. The zero-order valence-corrected chi connectivity index (χ0v) is 15.5. The molecule has 0 aliphatic rings. The summed E-state index contributed by atoms with van der Waals surface area (Å²) < 4.78 is 2.05. The molecule has 2 aromatic rings. The van der Waals surface area contributed by atoms with E-state index in [4.69, 9.17) is 23.2 Å². The van der Waals surface area contributed by atoms with Crippen LogP contribution < -0.4 is 5.32 Å². The highest BCUT2D eigenvalue weighted by Crippen LogP contribution is 2.26. The highest BCUT2D eigenvalue weighted by atomic mass is 35.5. The fourth-order valence-electron chi connectivity index (χ4n) is 2.08. The number of anilines is 1. The maximum atomic E-state index is 12.1. The number of amides is 1. The van der Waals surface area contributed by atoms with Crippen LogP contribution in [-0.4, -0.2) is 26.4 Å². The van der Waals surface area contributed by atoms with Crippen molar-refractivity contribution in [3.05, 3.63) is 34.1 Å². The van der Waals surface area contributed by atoms with E-state index in [-0.39, 0.29) is 17.7 Å². The first-order valence-electron chi connectivity index (χ1n) is 7.23. The minimum absolute atomic E-state index is 0.171. The lowest BCUT2D eigenvalue weighted by Crippen LogP contribution is -2.15. The van der Waals surface area contributed by atoms with Crippen LogP contribution in [0.25, 0.3) is 0 Å². The van der Waals surface area contributed by atoms with Gasteiger partial charge in [-0.1, -0.05) is 41.9 Å². The Labute approximate surface area is 149 Å². The molecular weight excluding hydrogens is 355 g/mol. The highest BCUT2D eigenvalue weighted by molar-refractivity contribution is 7.99. The van der Waals surface area contributed by atoms with Gasteiger partial charge in [-0.15, -0.1) is 10.2 Å². The molecule has 0 saturated heterocycles. The van der Waals surface area contributed by atoms with Gasteiger partial charge in [0.05, 0.1) is 16.5 Å². The average molecular weight is 373 g/mol. The second-order valence-electron chi connectivity index (χ2n) is 5.18. The minimum atomic E-state index is -0.171. The van der Waals surface area contributed by atoms with E-state index < -0.39 is 0 Å². The molecule has 23 heavy (non-hydrogen) atoms. The smallest absolute Gasteiger partial charge is 0.234 e. The van der Waals surface area contributed by atoms with E-state index >= 15 is 0 Å². The number of thioether (sulfide) groups is 1. The number of carbonyl (C=O) groups excluding carboxylic acids is 1. The van der Waals surface area contributed by atoms with Crippen molar-refractivity contribution in [2.45, 2.75) is 38.4 Å². The van der Waals surface area contributed by atoms with Crippen molar-refractivity contribution in [3.63, 3.8) is 0 Å². The first-order chi connectivity index (χ1) is 10.9. The molecule has 0 bridgehead atoms. The predicted octanol–water partition coefficient (Wildman–Crippen LogP) is 4.46. The monoisotopic (exact) mass is 372 g/mol. The van der Waals surface area contributed by atoms with Crippen molar-refractivity contribution in [1.29, 1.82) is 0 Å². The van der Waals surface area contributed by atoms with E-state index in [9.17, 15) is 4.79 Å². The fourth-order valence-corrected chi connectivity index (χ4v) is 3.30. The molecule has 0 radical (unpaired) electrons. The Bertz CT molecular complexity index is 703. The lowest BCUT2D eigenvalue weighted by Gasteiger charge is -2.13. The summed E-state index contributed by atoms with van der Waals surface area (Å²) in [6.07, 6.45) is 0.802. The van der Waals surface area contributed by atoms with Gasteiger partial charge >= 0.3 is 0 Å². The van der Waals surface area contributed by atoms with Crippen LogP contribution in [0.3, 0.4) is 0 Å². The SMILES string of the molecule is CCc1nnc(SCC(=O)Nc2cc(Cl)ccc2Cl)n1C(C)C. The first-order valence-corrected chi connectivity index (χ1v) is 8.98. The van der Waals surface area contributed by atoms with Crippen LogP contribution in [0.5, 0.6) is 0 Å². The van der Waals surface area contributed by atoms with Crippen LogP contribution in [0.1, 0.15) is 32.6 Å². The zero-order valence-electron chi connectivity index (χ0n) is 13.1. The van der Waals surface area contributed by atoms with Gasteiger partial charge in [0.15, 0.2) is 5.16 Å². The van der Waals surface area contributed by atoms with E-state index in [0.717, 1.165) is 17.4 Å². The van der Waals surface area contributed by atoms with E-state index in [1.165, 1.54) is 11.8 Å². The average Bonchev–Trinajstić information content (AvgIpc) is 2.92. The van der Waals surface area contributed by atoms with Crippen LogP contribution in [0.15, 0.2) is 23.4 Å². The maximum Gasteiger partial charge on any atom is 0.234 e. The normalized spacial score (nSPS) is 11.0. The molecule has 0 atom stereocenters. The molecule has 1 heterocycles. The summed E-state index contributed by atoms with van der Waals surface area (Å²) in [5.74, 6) is 0.966. The summed E-state index contributed by atoms with van der Waals surface area (Å²) in [6.45, 7) is 6.17. The van der Waals surface area contributed by atoms with Crippen LogP contribution in [0, 0.1) is 0 Å². The van der Waals surface area contributed by atoms with Crippen LogP contribution in [0.2, 0.25) is 10.0 Å². The molecule has 0 spiro atoms. The Morgan fingerprint density at radius 2 is 2.09 bits per heavy atom. The quantitative estimate of drug-likeness (QED) is 0.760. The van der Waals surface area contributed by atoms with Gasteiger partial charge in [0, 0.05) is 17.5 Å². The summed E-state index contributed by atoms with van der Waals surface area (Å²) in [5, 5.41) is 12.8. The van der Waals surface area contributed by atoms with Gasteiger partial charge in [0.1, 0.15) is 5.82 Å². The van der Waals surface area contributed by atoms with Gasteiger partial charge in [-0.3, -0.25) is 4.79 Å². The highest BCUT2D eigenvalue weighted by Gasteiger charge is 2.15. The third kappa shape index (κ3) is 4.62. The molecule has 2 rings (SSSR count). The molecule has 1 aromatic carbocycles. The summed E-state index contributed by atoms with van der Waals surface area (Å²) in [6, 6.07) is 5.19. The van der Waals surface area contributed by atoms with Gasteiger partial charge in [-0.05, 0) is 32.0 Å². The van der Waals surface area contributed by atoms with Crippen LogP contribution in [-0.2, 0) is 11.2 Å². The van der Waals surface area contributed by atoms with Gasteiger partial charge in [0.2, 0.25) is 5.91 Å². The lowest BCUT2D eigenvalue weighted by molar-refractivity contribution is -0.113. The number of hydrogen-bond donors (Lipinski definition) is 1. The largest absolute Gasteiger partial charge is 0.324 e. The molecule has 124 valence electrons. The van der Waals surface area contributed by atoms with Crippen LogP contribution in [0.4, 0.5) is 5.69 Å². The Hall–Kier alpha value is -1.24. The van der Waals surface area contributed by atoms with Gasteiger partial charge < -0.3 is 9.88 Å². The number of halogens is 2. The Morgan fingerprint density at radius 3 is 2.74 bits per heavy atom. The standard InChI is InChI=1S/C15H18Cl2N4OS/c1-4-13-19-20-15(21(13)9(2)3)23-8-14(22)18-12-7-10(16)5-6-11(12)17/h5-7,9H,4,8H2,1-3H3,(H,18,22). The van der Waals surface area contributed by atoms with E-state index in [2.05, 4.69) is 29.4 Å². The van der Waals surface area contributed by atoms with Gasteiger partial charge in [-0.2, -0.15) is 0 Å². The van der Waals surface area contributed by atoms with E-state index in [1.807, 2.05) is 11.5 Å². The summed E-state index contributed by atoms with van der Waals surface area (Å²) >= 11 is 13.3. The molecular formula is C15H18Cl2N4OS. The van der Waals surface area contributed by atoms with E-state index in [1.54, 1.807) is 18.2 Å². The molecule has 8 heteroatoms. The number of aromatic nitrogens is 3. The molecule has 0 fully saturated rings. The number of benzene rings is 1. The first kappa shape index (κ1) is 18.1. The zero-order chi connectivity index (χ0) is 17.0. The van der Waals surface area contributed by atoms with Crippen LogP contribution >= 0.6 is 35.0 Å². The fraction of sp³-hybridized carbons (Fsp3) is 0.400. The van der Waals surface area contributed by atoms with Crippen molar-refractivity contribution < 1.29 is 4.79 Å². The van der Waals surface area contributed by atoms with Crippen molar-refractivity contribution in [1.82, 2.24) is 14.8 Å². The molecule has 5 nitrogen and oxygen atoms in total. The molecule has 1 amide bonds. The molecule has 1 N–H and O–H groups in total. The minimum Gasteiger partial charge on any atom is -0.324 e. The van der Waals surface area contributed by atoms with Crippen molar-refractivity contribution in [2.24, 2.45) is 0 Å². The van der Waals surface area contributed by atoms with Crippen molar-refractivity contribution in [3.8, 4) is 0 Å². The Balaban J connectivity index is 2.02. The molecule has 0 unspecified atom stereocenters. The summed E-state index contributed by atoms with van der Waals surface area (Å²) in [5.41, 5.74) is 0.504. The third-order valence-corrected chi connectivity index (χ3v) is 4.61. The summed E-state index contributed by atoms with van der Waals surface area (Å²) in [4.78, 5) is 12.1. The van der Waals surface area contributed by atoms with Crippen molar-refractivity contribution >= 4 is 46.6 Å². The predicted molar refractivity (Wildman–Crippen MR) is 95.6 cm³/mol. The number of rotatable bonds is 6.